The lowest BCUT2D eigenvalue weighted by Gasteiger charge is -2.33. The molecule has 0 unspecified atom stereocenters. The van der Waals surface area contributed by atoms with Crippen molar-refractivity contribution in [2.75, 3.05) is 26.2 Å². The van der Waals surface area contributed by atoms with Crippen molar-refractivity contribution in [1.82, 2.24) is 20.0 Å². The smallest absolute Gasteiger partial charge is 0.0492 e. The number of likely N-dealkylation sites (tertiary alicyclic amines) is 1. The molecule has 1 aliphatic heterocycles. The molecular weight excluding hydrogens is 248 g/mol. The van der Waals surface area contributed by atoms with Gasteiger partial charge < -0.3 is 10.2 Å². The van der Waals surface area contributed by atoms with Gasteiger partial charge in [0.2, 0.25) is 0 Å². The number of hydrogen-bond donors (Lipinski definition) is 1. The van der Waals surface area contributed by atoms with E-state index < -0.39 is 0 Å². The zero-order chi connectivity index (χ0) is 14.6. The first kappa shape index (κ1) is 15.5. The monoisotopic (exact) mass is 278 g/mol. The Balaban J connectivity index is 1.65. The van der Waals surface area contributed by atoms with E-state index in [-0.39, 0.29) is 5.54 Å². The van der Waals surface area contributed by atoms with Gasteiger partial charge >= 0.3 is 0 Å². The molecule has 2 rings (SSSR count). The first-order chi connectivity index (χ1) is 9.44. The second-order valence-electron chi connectivity index (χ2n) is 7.11. The Hall–Kier alpha value is -0.870. The minimum absolute atomic E-state index is 0.247. The molecule has 4 nitrogen and oxygen atoms in total. The summed E-state index contributed by atoms with van der Waals surface area (Å²) in [5, 5.41) is 7.87. The number of piperidine rings is 1. The van der Waals surface area contributed by atoms with E-state index in [0.717, 1.165) is 12.3 Å². The maximum Gasteiger partial charge on any atom is 0.0492 e. The van der Waals surface area contributed by atoms with Crippen molar-refractivity contribution in [3.05, 3.63) is 18.0 Å². The molecule has 1 aromatic heterocycles. The highest BCUT2D eigenvalue weighted by Gasteiger charge is 2.20. The van der Waals surface area contributed by atoms with E-state index in [1.54, 1.807) is 0 Å². The highest BCUT2D eigenvalue weighted by atomic mass is 15.3. The molecule has 0 aliphatic carbocycles. The molecular formula is C16H30N4. The lowest BCUT2D eigenvalue weighted by atomic mass is 9.95. The maximum absolute atomic E-state index is 4.23. The molecule has 1 saturated heterocycles. The molecule has 20 heavy (non-hydrogen) atoms. The van der Waals surface area contributed by atoms with Crippen LogP contribution in [0.3, 0.4) is 0 Å². The zero-order valence-corrected chi connectivity index (χ0v) is 13.5. The number of hydrogen-bond acceptors (Lipinski definition) is 3. The number of rotatable bonds is 5. The van der Waals surface area contributed by atoms with Crippen LogP contribution in [0.1, 0.15) is 39.3 Å². The minimum atomic E-state index is 0.247. The minimum Gasteiger partial charge on any atom is -0.312 e. The van der Waals surface area contributed by atoms with Crippen LogP contribution in [-0.4, -0.2) is 46.4 Å². The largest absolute Gasteiger partial charge is 0.312 e. The van der Waals surface area contributed by atoms with Crippen molar-refractivity contribution >= 4 is 0 Å². The summed E-state index contributed by atoms with van der Waals surface area (Å²) in [7, 11) is 2.03. The van der Waals surface area contributed by atoms with Crippen LogP contribution in [0.4, 0.5) is 0 Å². The lowest BCUT2D eigenvalue weighted by molar-refractivity contribution is 0.177. The Morgan fingerprint density at radius 2 is 2.00 bits per heavy atom. The van der Waals surface area contributed by atoms with Gasteiger partial charge in [0.05, 0.1) is 0 Å². The van der Waals surface area contributed by atoms with Gasteiger partial charge in [-0.05, 0) is 65.2 Å². The SMILES string of the molecule is Cn1nccc1CCN1CCC(CNC(C)(C)C)CC1. The van der Waals surface area contributed by atoms with E-state index >= 15 is 0 Å². The van der Waals surface area contributed by atoms with Crippen molar-refractivity contribution in [2.45, 2.75) is 45.6 Å². The summed E-state index contributed by atoms with van der Waals surface area (Å²) in [6.45, 7) is 11.6. The van der Waals surface area contributed by atoms with Crippen LogP contribution in [0.25, 0.3) is 0 Å². The fraction of sp³-hybridized carbons (Fsp3) is 0.812. The van der Waals surface area contributed by atoms with Crippen LogP contribution in [0.5, 0.6) is 0 Å². The third-order valence-corrected chi connectivity index (χ3v) is 4.23. The van der Waals surface area contributed by atoms with Gasteiger partial charge in [-0.15, -0.1) is 0 Å². The Kier molecular flexibility index (Phi) is 5.22. The van der Waals surface area contributed by atoms with E-state index in [4.69, 9.17) is 0 Å². The van der Waals surface area contributed by atoms with Crippen molar-refractivity contribution in [1.29, 1.82) is 0 Å². The summed E-state index contributed by atoms with van der Waals surface area (Å²) in [6.07, 6.45) is 5.66. The Morgan fingerprint density at radius 1 is 1.30 bits per heavy atom. The van der Waals surface area contributed by atoms with Crippen LogP contribution in [0.2, 0.25) is 0 Å². The molecule has 0 amide bonds. The normalized spacial score (nSPS) is 18.6. The van der Waals surface area contributed by atoms with Crippen molar-refractivity contribution in [3.8, 4) is 0 Å². The predicted molar refractivity (Wildman–Crippen MR) is 83.8 cm³/mol. The second kappa shape index (κ2) is 6.72. The van der Waals surface area contributed by atoms with E-state index in [2.05, 4.69) is 42.2 Å². The van der Waals surface area contributed by atoms with Gasteiger partial charge in [0, 0.05) is 37.4 Å². The fourth-order valence-corrected chi connectivity index (χ4v) is 2.78. The Labute approximate surface area is 123 Å². The van der Waals surface area contributed by atoms with Crippen LogP contribution in [0, 0.1) is 5.92 Å². The highest BCUT2D eigenvalue weighted by molar-refractivity contribution is 5.00. The summed E-state index contributed by atoms with van der Waals surface area (Å²) in [5.74, 6) is 0.849. The topological polar surface area (TPSA) is 33.1 Å². The quantitative estimate of drug-likeness (QED) is 0.895. The first-order valence-electron chi connectivity index (χ1n) is 7.88. The number of aryl methyl sites for hydroxylation is 1. The molecule has 0 bridgehead atoms. The summed E-state index contributed by atoms with van der Waals surface area (Å²) in [4.78, 5) is 2.60. The molecule has 0 saturated carbocycles. The molecule has 0 atom stereocenters. The molecule has 1 aliphatic rings. The third-order valence-electron chi connectivity index (χ3n) is 4.23. The molecule has 4 heteroatoms. The standard InChI is InChI=1S/C16H30N4/c1-16(2,3)17-13-14-6-10-20(11-7-14)12-8-15-5-9-18-19(15)4/h5,9,14,17H,6-8,10-13H2,1-4H3. The summed E-state index contributed by atoms with van der Waals surface area (Å²) < 4.78 is 1.99. The van der Waals surface area contributed by atoms with Crippen LogP contribution >= 0.6 is 0 Å². The molecule has 0 spiro atoms. The number of nitrogens with zero attached hydrogens (tertiary/aromatic N) is 3. The summed E-state index contributed by atoms with van der Waals surface area (Å²) in [5.41, 5.74) is 1.58. The zero-order valence-electron chi connectivity index (χ0n) is 13.5. The molecule has 1 fully saturated rings. The second-order valence-corrected chi connectivity index (χ2v) is 7.11. The fourth-order valence-electron chi connectivity index (χ4n) is 2.78. The Bertz CT molecular complexity index is 397. The van der Waals surface area contributed by atoms with Crippen LogP contribution < -0.4 is 5.32 Å². The van der Waals surface area contributed by atoms with Gasteiger partial charge in [-0.1, -0.05) is 0 Å². The molecule has 1 N–H and O–H groups in total. The maximum atomic E-state index is 4.23. The average Bonchev–Trinajstić information content (AvgIpc) is 2.80. The molecule has 2 heterocycles. The van der Waals surface area contributed by atoms with E-state index in [1.165, 1.54) is 44.7 Å². The van der Waals surface area contributed by atoms with E-state index in [9.17, 15) is 0 Å². The predicted octanol–water partition coefficient (Wildman–Crippen LogP) is 2.06. The van der Waals surface area contributed by atoms with Crippen molar-refractivity contribution < 1.29 is 0 Å². The molecule has 0 radical (unpaired) electrons. The number of aromatic nitrogens is 2. The summed E-state index contributed by atoms with van der Waals surface area (Å²) >= 11 is 0. The van der Waals surface area contributed by atoms with E-state index in [1.807, 2.05) is 17.9 Å². The van der Waals surface area contributed by atoms with Crippen LogP contribution in [-0.2, 0) is 13.5 Å². The molecule has 0 aromatic carbocycles. The average molecular weight is 278 g/mol. The third kappa shape index (κ3) is 4.91. The van der Waals surface area contributed by atoms with Gasteiger partial charge in [-0.3, -0.25) is 4.68 Å². The first-order valence-corrected chi connectivity index (χ1v) is 7.88. The van der Waals surface area contributed by atoms with Gasteiger partial charge in [-0.25, -0.2) is 0 Å². The van der Waals surface area contributed by atoms with Gasteiger partial charge in [0.15, 0.2) is 0 Å². The van der Waals surface area contributed by atoms with Crippen molar-refractivity contribution in [2.24, 2.45) is 13.0 Å². The van der Waals surface area contributed by atoms with Gasteiger partial charge in [0.25, 0.3) is 0 Å². The number of nitrogens with one attached hydrogen (secondary N) is 1. The molecule has 1 aromatic rings. The highest BCUT2D eigenvalue weighted by Crippen LogP contribution is 2.17. The van der Waals surface area contributed by atoms with Gasteiger partial charge in [-0.2, -0.15) is 5.10 Å². The van der Waals surface area contributed by atoms with Crippen LogP contribution in [0.15, 0.2) is 12.3 Å². The lowest BCUT2D eigenvalue weighted by Crippen LogP contribution is -2.43. The van der Waals surface area contributed by atoms with Crippen molar-refractivity contribution in [3.63, 3.8) is 0 Å². The molecule has 114 valence electrons. The Morgan fingerprint density at radius 3 is 2.55 bits per heavy atom. The van der Waals surface area contributed by atoms with Gasteiger partial charge in [0.1, 0.15) is 0 Å². The van der Waals surface area contributed by atoms with E-state index in [0.29, 0.717) is 0 Å². The summed E-state index contributed by atoms with van der Waals surface area (Å²) in [6, 6.07) is 2.13.